The van der Waals surface area contributed by atoms with Crippen molar-refractivity contribution < 1.29 is 14.3 Å². The van der Waals surface area contributed by atoms with Crippen LogP contribution in [-0.4, -0.2) is 41.9 Å². The Hall–Kier alpha value is -3.34. The first-order chi connectivity index (χ1) is 15.5. The van der Waals surface area contributed by atoms with Crippen molar-refractivity contribution in [3.8, 4) is 0 Å². The molecule has 0 fully saturated rings. The van der Waals surface area contributed by atoms with Gasteiger partial charge in [0.25, 0.3) is 5.91 Å². The van der Waals surface area contributed by atoms with Crippen LogP contribution in [0.2, 0.25) is 0 Å². The molecule has 0 spiro atoms. The summed E-state index contributed by atoms with van der Waals surface area (Å²) in [6.07, 6.45) is 5.67. The molecule has 2 aromatic carbocycles. The van der Waals surface area contributed by atoms with E-state index in [1.54, 1.807) is 0 Å². The molecular formula is C27H30N2O3. The number of hydrogen-bond donors (Lipinski definition) is 0. The highest BCUT2D eigenvalue weighted by atomic mass is 16.5. The molecule has 0 saturated heterocycles. The second kappa shape index (κ2) is 9.43. The van der Waals surface area contributed by atoms with E-state index in [0.717, 1.165) is 23.2 Å². The van der Waals surface area contributed by atoms with Gasteiger partial charge in [0.15, 0.2) is 0 Å². The van der Waals surface area contributed by atoms with Crippen LogP contribution in [0.4, 0.5) is 0 Å². The van der Waals surface area contributed by atoms with E-state index in [1.807, 2.05) is 42.2 Å². The summed E-state index contributed by atoms with van der Waals surface area (Å²) in [7, 11) is 1.42. The number of nitrogens with zero attached hydrogens (tertiary/aromatic N) is 2. The summed E-state index contributed by atoms with van der Waals surface area (Å²) in [6.45, 7) is 6.03. The number of hydrogen-bond acceptors (Lipinski definition) is 4. The number of carbonyl (C=O) groups excluding carboxylic acids is 2. The Balaban J connectivity index is 1.48. The fourth-order valence-electron chi connectivity index (χ4n) is 4.61. The third kappa shape index (κ3) is 4.47. The third-order valence-corrected chi connectivity index (χ3v) is 6.43. The number of methoxy groups -OCH3 is 1. The van der Waals surface area contributed by atoms with Crippen LogP contribution < -0.4 is 0 Å². The van der Waals surface area contributed by atoms with Crippen LogP contribution in [0.3, 0.4) is 0 Å². The first-order valence-electron chi connectivity index (χ1n) is 11.1. The number of ether oxygens (including phenoxy) is 1. The number of benzene rings is 2. The second-order valence-corrected chi connectivity index (χ2v) is 8.54. The molecule has 2 aromatic rings. The first-order valence-corrected chi connectivity index (χ1v) is 11.1. The maximum atomic E-state index is 13.0. The minimum atomic E-state index is -0.305. The van der Waals surface area contributed by atoms with Gasteiger partial charge in [-0.25, -0.2) is 4.79 Å². The average Bonchev–Trinajstić information content (AvgIpc) is 2.80. The molecule has 4 rings (SSSR count). The Morgan fingerprint density at radius 2 is 1.91 bits per heavy atom. The fourth-order valence-corrected chi connectivity index (χ4v) is 4.61. The summed E-state index contributed by atoms with van der Waals surface area (Å²) in [5.41, 5.74) is 5.86. The molecule has 0 aromatic heterocycles. The maximum absolute atomic E-state index is 13.0. The predicted octanol–water partition coefficient (Wildman–Crippen LogP) is 4.48. The van der Waals surface area contributed by atoms with Gasteiger partial charge in [-0.1, -0.05) is 54.1 Å². The number of fused-ring (bicyclic) bond motifs is 1. The SMILES string of the molecule is COC(=O)C1=C(C)N(Cc2ccccc2)C=CC1CCN1CCc2cc(C)ccc2C1=O. The Morgan fingerprint density at radius 3 is 2.66 bits per heavy atom. The van der Waals surface area contributed by atoms with Crippen molar-refractivity contribution in [2.75, 3.05) is 20.2 Å². The summed E-state index contributed by atoms with van der Waals surface area (Å²) in [5.74, 6) is -0.306. The quantitative estimate of drug-likeness (QED) is 0.634. The van der Waals surface area contributed by atoms with Crippen LogP contribution >= 0.6 is 0 Å². The highest BCUT2D eigenvalue weighted by Gasteiger charge is 2.30. The minimum Gasteiger partial charge on any atom is -0.466 e. The summed E-state index contributed by atoms with van der Waals surface area (Å²) in [5, 5.41) is 0. The number of esters is 1. The van der Waals surface area contributed by atoms with Gasteiger partial charge in [-0.15, -0.1) is 0 Å². The van der Waals surface area contributed by atoms with Gasteiger partial charge in [-0.2, -0.15) is 0 Å². The van der Waals surface area contributed by atoms with Crippen molar-refractivity contribution in [1.82, 2.24) is 9.80 Å². The molecule has 1 atom stereocenters. The number of amides is 1. The summed E-state index contributed by atoms with van der Waals surface area (Å²) < 4.78 is 5.12. The van der Waals surface area contributed by atoms with Crippen LogP contribution in [-0.2, 0) is 22.5 Å². The standard InChI is InChI=1S/C27H30N2O3/c1-19-9-10-24-23(17-19)13-15-28(26(24)30)14-11-22-12-16-29(18-21-7-5-4-6-8-21)20(2)25(22)27(31)32-3/h4-10,12,16-17,22H,11,13-15,18H2,1-3H3. The summed E-state index contributed by atoms with van der Waals surface area (Å²) >= 11 is 0. The Kier molecular flexibility index (Phi) is 6.45. The monoisotopic (exact) mass is 430 g/mol. The largest absolute Gasteiger partial charge is 0.466 e. The molecule has 0 bridgehead atoms. The van der Waals surface area contributed by atoms with E-state index in [1.165, 1.54) is 18.2 Å². The highest BCUT2D eigenvalue weighted by Crippen LogP contribution is 2.31. The van der Waals surface area contributed by atoms with Gasteiger partial charge in [-0.3, -0.25) is 4.79 Å². The molecule has 5 nitrogen and oxygen atoms in total. The molecule has 1 amide bonds. The number of allylic oxidation sites excluding steroid dienone is 2. The Morgan fingerprint density at radius 1 is 1.12 bits per heavy atom. The zero-order valence-corrected chi connectivity index (χ0v) is 19.0. The van der Waals surface area contributed by atoms with E-state index in [9.17, 15) is 9.59 Å². The Bertz CT molecular complexity index is 1070. The van der Waals surface area contributed by atoms with E-state index in [0.29, 0.717) is 31.6 Å². The lowest BCUT2D eigenvalue weighted by molar-refractivity contribution is -0.136. The summed E-state index contributed by atoms with van der Waals surface area (Å²) in [4.78, 5) is 29.7. The molecule has 2 aliphatic heterocycles. The van der Waals surface area contributed by atoms with E-state index in [2.05, 4.69) is 42.3 Å². The second-order valence-electron chi connectivity index (χ2n) is 8.54. The van der Waals surface area contributed by atoms with E-state index >= 15 is 0 Å². The van der Waals surface area contributed by atoms with Gasteiger partial charge in [0.05, 0.1) is 12.7 Å². The molecule has 5 heteroatoms. The van der Waals surface area contributed by atoms with Crippen molar-refractivity contribution in [3.05, 3.63) is 94.3 Å². The molecule has 2 aliphatic rings. The molecule has 166 valence electrons. The van der Waals surface area contributed by atoms with Crippen molar-refractivity contribution in [1.29, 1.82) is 0 Å². The third-order valence-electron chi connectivity index (χ3n) is 6.43. The lowest BCUT2D eigenvalue weighted by atomic mass is 9.90. The van der Waals surface area contributed by atoms with Gasteiger partial charge in [-0.05, 0) is 43.9 Å². The lowest BCUT2D eigenvalue weighted by Crippen LogP contribution is -2.39. The van der Waals surface area contributed by atoms with Crippen molar-refractivity contribution >= 4 is 11.9 Å². The van der Waals surface area contributed by atoms with E-state index in [-0.39, 0.29) is 17.8 Å². The number of rotatable bonds is 6. The van der Waals surface area contributed by atoms with Gasteiger partial charge >= 0.3 is 5.97 Å². The van der Waals surface area contributed by atoms with Gasteiger partial charge in [0.2, 0.25) is 0 Å². The van der Waals surface area contributed by atoms with Gasteiger partial charge in [0.1, 0.15) is 0 Å². The molecule has 32 heavy (non-hydrogen) atoms. The summed E-state index contributed by atoms with van der Waals surface area (Å²) in [6, 6.07) is 16.2. The molecule has 1 unspecified atom stereocenters. The minimum absolute atomic E-state index is 0.0806. The normalized spacial score (nSPS) is 18.1. The number of carbonyl (C=O) groups is 2. The molecular weight excluding hydrogens is 400 g/mol. The molecule has 0 aliphatic carbocycles. The van der Waals surface area contributed by atoms with E-state index < -0.39 is 0 Å². The first kappa shape index (κ1) is 21.9. The molecule has 0 N–H and O–H groups in total. The zero-order valence-electron chi connectivity index (χ0n) is 19.0. The zero-order chi connectivity index (χ0) is 22.7. The van der Waals surface area contributed by atoms with Crippen molar-refractivity contribution in [2.45, 2.75) is 33.2 Å². The van der Waals surface area contributed by atoms with Crippen molar-refractivity contribution in [3.63, 3.8) is 0 Å². The molecule has 0 radical (unpaired) electrons. The van der Waals surface area contributed by atoms with Crippen LogP contribution in [0.1, 0.15) is 40.4 Å². The topological polar surface area (TPSA) is 49.9 Å². The maximum Gasteiger partial charge on any atom is 0.336 e. The molecule has 0 saturated carbocycles. The van der Waals surface area contributed by atoms with Gasteiger partial charge < -0.3 is 14.5 Å². The van der Waals surface area contributed by atoms with Crippen molar-refractivity contribution in [2.24, 2.45) is 5.92 Å². The highest BCUT2D eigenvalue weighted by molar-refractivity contribution is 5.97. The predicted molar refractivity (Wildman–Crippen MR) is 125 cm³/mol. The Labute approximate surface area is 190 Å². The van der Waals surface area contributed by atoms with Crippen LogP contribution in [0.25, 0.3) is 0 Å². The fraction of sp³-hybridized carbons (Fsp3) is 0.333. The van der Waals surface area contributed by atoms with Crippen LogP contribution in [0, 0.1) is 12.8 Å². The van der Waals surface area contributed by atoms with E-state index in [4.69, 9.17) is 4.74 Å². The lowest BCUT2D eigenvalue weighted by Gasteiger charge is -2.33. The number of aryl methyl sites for hydroxylation is 1. The van der Waals surface area contributed by atoms with Gasteiger partial charge in [0, 0.05) is 43.0 Å². The smallest absolute Gasteiger partial charge is 0.336 e. The van der Waals surface area contributed by atoms with Crippen LogP contribution in [0.15, 0.2) is 72.1 Å². The van der Waals surface area contributed by atoms with Crippen LogP contribution in [0.5, 0.6) is 0 Å². The molecule has 2 heterocycles. The average molecular weight is 431 g/mol.